The Morgan fingerprint density at radius 3 is 2.78 bits per heavy atom. The number of para-hydroxylation sites is 1. The summed E-state index contributed by atoms with van der Waals surface area (Å²) in [7, 11) is 0. The molecule has 0 radical (unpaired) electrons. The summed E-state index contributed by atoms with van der Waals surface area (Å²) in [5.41, 5.74) is 0.799. The molecule has 1 heterocycles. The van der Waals surface area contributed by atoms with E-state index in [9.17, 15) is 5.11 Å². The summed E-state index contributed by atoms with van der Waals surface area (Å²) in [6, 6.07) is 11.3. The second-order valence-electron chi connectivity index (χ2n) is 4.12. The lowest BCUT2D eigenvalue weighted by Gasteiger charge is -2.14. The van der Waals surface area contributed by atoms with Crippen LogP contribution in [0.1, 0.15) is 25.1 Å². The van der Waals surface area contributed by atoms with Gasteiger partial charge < -0.3 is 9.84 Å². The van der Waals surface area contributed by atoms with Crippen LogP contribution in [0.2, 0.25) is 0 Å². The lowest BCUT2D eigenvalue weighted by molar-refractivity contribution is 0.0999. The predicted molar refractivity (Wildman–Crippen MR) is 69.4 cm³/mol. The smallest absolute Gasteiger partial charge is 0.129 e. The van der Waals surface area contributed by atoms with Crippen molar-refractivity contribution in [1.29, 1.82) is 0 Å². The SMILES string of the molecule is CCCn1nccc1C(O)COc1ccccc1. The summed E-state index contributed by atoms with van der Waals surface area (Å²) in [4.78, 5) is 0. The van der Waals surface area contributed by atoms with Crippen LogP contribution in [0.3, 0.4) is 0 Å². The Bertz CT molecular complexity index is 468. The third kappa shape index (κ3) is 3.11. The predicted octanol–water partition coefficient (Wildman–Crippen LogP) is 2.41. The number of aliphatic hydroxyl groups excluding tert-OH is 1. The zero-order chi connectivity index (χ0) is 12.8. The fourth-order valence-corrected chi connectivity index (χ4v) is 1.80. The Balaban J connectivity index is 1.95. The number of hydrogen-bond acceptors (Lipinski definition) is 3. The molecular weight excluding hydrogens is 228 g/mol. The van der Waals surface area contributed by atoms with Gasteiger partial charge in [0.25, 0.3) is 0 Å². The van der Waals surface area contributed by atoms with Crippen molar-refractivity contribution in [2.45, 2.75) is 26.0 Å². The molecule has 1 aromatic carbocycles. The normalized spacial score (nSPS) is 12.3. The molecule has 4 nitrogen and oxygen atoms in total. The number of hydrogen-bond donors (Lipinski definition) is 1. The number of rotatable bonds is 6. The van der Waals surface area contributed by atoms with E-state index in [-0.39, 0.29) is 6.61 Å². The Morgan fingerprint density at radius 2 is 2.06 bits per heavy atom. The average Bonchev–Trinajstić information content (AvgIpc) is 2.86. The van der Waals surface area contributed by atoms with E-state index in [1.54, 1.807) is 6.20 Å². The molecule has 0 spiro atoms. The molecule has 1 aromatic heterocycles. The molecule has 0 fully saturated rings. The minimum Gasteiger partial charge on any atom is -0.490 e. The van der Waals surface area contributed by atoms with E-state index in [0.717, 1.165) is 24.4 Å². The van der Waals surface area contributed by atoms with Crippen LogP contribution in [0, 0.1) is 0 Å². The van der Waals surface area contributed by atoms with Crippen molar-refractivity contribution in [3.8, 4) is 5.75 Å². The van der Waals surface area contributed by atoms with Crippen molar-refractivity contribution in [2.75, 3.05) is 6.61 Å². The first-order chi connectivity index (χ1) is 8.81. The van der Waals surface area contributed by atoms with Crippen LogP contribution in [0.25, 0.3) is 0 Å². The molecule has 0 amide bonds. The van der Waals surface area contributed by atoms with Gasteiger partial charge in [0.15, 0.2) is 0 Å². The van der Waals surface area contributed by atoms with E-state index in [0.29, 0.717) is 0 Å². The fourth-order valence-electron chi connectivity index (χ4n) is 1.80. The van der Waals surface area contributed by atoms with Gasteiger partial charge in [0.05, 0.1) is 5.69 Å². The summed E-state index contributed by atoms with van der Waals surface area (Å²) >= 11 is 0. The minimum atomic E-state index is -0.653. The summed E-state index contributed by atoms with van der Waals surface area (Å²) in [5, 5.41) is 14.3. The molecular formula is C14H18N2O2. The fraction of sp³-hybridized carbons (Fsp3) is 0.357. The maximum Gasteiger partial charge on any atom is 0.129 e. The van der Waals surface area contributed by atoms with Gasteiger partial charge >= 0.3 is 0 Å². The van der Waals surface area contributed by atoms with Crippen LogP contribution in [0.5, 0.6) is 5.75 Å². The van der Waals surface area contributed by atoms with Gasteiger partial charge in [-0.1, -0.05) is 25.1 Å². The van der Waals surface area contributed by atoms with E-state index < -0.39 is 6.10 Å². The van der Waals surface area contributed by atoms with Crippen molar-refractivity contribution >= 4 is 0 Å². The first-order valence-corrected chi connectivity index (χ1v) is 6.19. The van der Waals surface area contributed by atoms with Crippen molar-refractivity contribution < 1.29 is 9.84 Å². The van der Waals surface area contributed by atoms with Crippen molar-refractivity contribution in [3.05, 3.63) is 48.3 Å². The number of benzene rings is 1. The van der Waals surface area contributed by atoms with Crippen molar-refractivity contribution in [2.24, 2.45) is 0 Å². The summed E-state index contributed by atoms with van der Waals surface area (Å²) in [6.07, 6.45) is 2.04. The monoisotopic (exact) mass is 246 g/mol. The zero-order valence-corrected chi connectivity index (χ0v) is 10.5. The van der Waals surface area contributed by atoms with Gasteiger partial charge in [-0.2, -0.15) is 5.10 Å². The number of aryl methyl sites for hydroxylation is 1. The highest BCUT2D eigenvalue weighted by Gasteiger charge is 2.13. The second kappa shape index (κ2) is 6.21. The molecule has 1 unspecified atom stereocenters. The lowest BCUT2D eigenvalue weighted by Crippen LogP contribution is -2.15. The molecule has 96 valence electrons. The van der Waals surface area contributed by atoms with Crippen molar-refractivity contribution in [1.82, 2.24) is 9.78 Å². The van der Waals surface area contributed by atoms with Crippen LogP contribution < -0.4 is 4.74 Å². The molecule has 18 heavy (non-hydrogen) atoms. The van der Waals surface area contributed by atoms with Gasteiger partial charge in [-0.15, -0.1) is 0 Å². The topological polar surface area (TPSA) is 47.3 Å². The number of nitrogens with zero attached hydrogens (tertiary/aromatic N) is 2. The van der Waals surface area contributed by atoms with Gasteiger partial charge in [0.2, 0.25) is 0 Å². The van der Waals surface area contributed by atoms with Crippen LogP contribution in [-0.2, 0) is 6.54 Å². The van der Waals surface area contributed by atoms with Gasteiger partial charge in [0.1, 0.15) is 18.5 Å². The first kappa shape index (κ1) is 12.6. The number of aliphatic hydroxyl groups is 1. The molecule has 0 aliphatic rings. The van der Waals surface area contributed by atoms with Crippen molar-refractivity contribution in [3.63, 3.8) is 0 Å². The van der Waals surface area contributed by atoms with Gasteiger partial charge in [-0.05, 0) is 24.6 Å². The van der Waals surface area contributed by atoms with Crippen LogP contribution in [0.4, 0.5) is 0 Å². The minimum absolute atomic E-state index is 0.236. The van der Waals surface area contributed by atoms with Gasteiger partial charge in [0, 0.05) is 12.7 Å². The molecule has 0 bridgehead atoms. The maximum atomic E-state index is 10.1. The Labute approximate surface area is 107 Å². The van der Waals surface area contributed by atoms with E-state index in [4.69, 9.17) is 4.74 Å². The van der Waals surface area contributed by atoms with E-state index >= 15 is 0 Å². The molecule has 1 N–H and O–H groups in total. The molecule has 2 rings (SSSR count). The average molecular weight is 246 g/mol. The quantitative estimate of drug-likeness (QED) is 0.851. The molecule has 0 saturated heterocycles. The molecule has 0 aliphatic heterocycles. The molecule has 1 atom stereocenters. The number of aromatic nitrogens is 2. The van der Waals surface area contributed by atoms with E-state index in [1.165, 1.54) is 0 Å². The Hall–Kier alpha value is -1.81. The summed E-state index contributed by atoms with van der Waals surface area (Å²) < 4.78 is 7.35. The second-order valence-corrected chi connectivity index (χ2v) is 4.12. The van der Waals surface area contributed by atoms with Crippen LogP contribution >= 0.6 is 0 Å². The molecule has 0 aliphatic carbocycles. The highest BCUT2D eigenvalue weighted by molar-refractivity contribution is 5.21. The van der Waals surface area contributed by atoms with Crippen LogP contribution in [-0.4, -0.2) is 21.5 Å². The van der Waals surface area contributed by atoms with E-state index in [2.05, 4.69) is 12.0 Å². The molecule has 4 heteroatoms. The lowest BCUT2D eigenvalue weighted by atomic mass is 10.2. The first-order valence-electron chi connectivity index (χ1n) is 6.19. The van der Waals surface area contributed by atoms with Crippen LogP contribution in [0.15, 0.2) is 42.6 Å². The number of ether oxygens (including phenoxy) is 1. The third-order valence-electron chi connectivity index (χ3n) is 2.68. The maximum absolute atomic E-state index is 10.1. The highest BCUT2D eigenvalue weighted by Crippen LogP contribution is 2.16. The largest absolute Gasteiger partial charge is 0.490 e. The van der Waals surface area contributed by atoms with Gasteiger partial charge in [-0.25, -0.2) is 0 Å². The Kier molecular flexibility index (Phi) is 4.36. The summed E-state index contributed by atoms with van der Waals surface area (Å²) in [6.45, 7) is 3.13. The van der Waals surface area contributed by atoms with E-state index in [1.807, 2.05) is 41.1 Å². The molecule has 0 saturated carbocycles. The standard InChI is InChI=1S/C14H18N2O2/c1-2-10-16-13(8-9-15-16)14(17)11-18-12-6-4-3-5-7-12/h3-9,14,17H,2,10-11H2,1H3. The van der Waals surface area contributed by atoms with Gasteiger partial charge in [-0.3, -0.25) is 4.68 Å². The Morgan fingerprint density at radius 1 is 1.28 bits per heavy atom. The summed E-state index contributed by atoms with van der Waals surface area (Å²) in [5.74, 6) is 0.762. The third-order valence-corrected chi connectivity index (χ3v) is 2.68. The molecule has 2 aromatic rings. The highest BCUT2D eigenvalue weighted by atomic mass is 16.5. The zero-order valence-electron chi connectivity index (χ0n) is 10.5.